The van der Waals surface area contributed by atoms with Crippen molar-refractivity contribution in [1.29, 1.82) is 0 Å². The Morgan fingerprint density at radius 3 is 1.88 bits per heavy atom. The lowest BCUT2D eigenvalue weighted by Crippen LogP contribution is -2.29. The summed E-state index contributed by atoms with van der Waals surface area (Å²) in [5.41, 5.74) is 8.20. The van der Waals surface area contributed by atoms with Crippen molar-refractivity contribution in [2.75, 3.05) is 55.6 Å². The summed E-state index contributed by atoms with van der Waals surface area (Å²) < 4.78 is 6.63. The first-order chi connectivity index (χ1) is 25.4. The highest BCUT2D eigenvalue weighted by Gasteiger charge is 2.29. The predicted octanol–water partition coefficient (Wildman–Crippen LogP) is 7.84. The van der Waals surface area contributed by atoms with Gasteiger partial charge in [-0.3, -0.25) is 19.9 Å². The van der Waals surface area contributed by atoms with Crippen LogP contribution in [0.1, 0.15) is 50.2 Å². The largest absolute Gasteiger partial charge is 0.478 e. The summed E-state index contributed by atoms with van der Waals surface area (Å²) in [6.45, 7) is 14.7. The molecule has 1 aliphatic carbocycles. The number of aliphatic carboxylic acids is 1. The number of fused-ring (bicyclic) bond motifs is 2. The van der Waals surface area contributed by atoms with Gasteiger partial charge in [-0.1, -0.05) is 18.2 Å². The summed E-state index contributed by atoms with van der Waals surface area (Å²) in [5.74, 6) is 0.431. The highest BCUT2D eigenvalue weighted by molar-refractivity contribution is 6.15. The van der Waals surface area contributed by atoms with Gasteiger partial charge < -0.3 is 19.6 Å². The molecule has 4 aromatic rings. The Morgan fingerprint density at radius 2 is 1.35 bits per heavy atom. The maximum Gasteiger partial charge on any atom is 0.336 e. The molecule has 0 unspecified atom stereocenters. The highest BCUT2D eigenvalue weighted by Crippen LogP contribution is 2.49. The van der Waals surface area contributed by atoms with Crippen LogP contribution in [0, 0.1) is 0 Å². The Balaban J connectivity index is 1.33. The molecule has 0 fully saturated rings. The van der Waals surface area contributed by atoms with Crippen molar-refractivity contribution in [2.45, 2.75) is 40.7 Å². The Labute approximate surface area is 307 Å². The van der Waals surface area contributed by atoms with Crippen LogP contribution in [0.3, 0.4) is 0 Å². The quantitative estimate of drug-likeness (QED) is 0.118. The van der Waals surface area contributed by atoms with Crippen molar-refractivity contribution >= 4 is 28.6 Å². The fourth-order valence-electron chi connectivity index (χ4n) is 6.88. The van der Waals surface area contributed by atoms with Gasteiger partial charge in [0.15, 0.2) is 0 Å². The zero-order valence-corrected chi connectivity index (χ0v) is 30.6. The van der Waals surface area contributed by atoms with Gasteiger partial charge in [0.25, 0.3) is 0 Å². The van der Waals surface area contributed by atoms with E-state index in [4.69, 9.17) is 9.73 Å². The molecule has 2 aromatic heterocycles. The maximum absolute atomic E-state index is 13.0. The normalized spacial score (nSPS) is 14.2. The molecule has 2 aromatic carbocycles. The zero-order chi connectivity index (χ0) is 36.5. The predicted molar refractivity (Wildman–Crippen MR) is 211 cm³/mol. The van der Waals surface area contributed by atoms with E-state index in [9.17, 15) is 9.90 Å². The van der Waals surface area contributed by atoms with Crippen molar-refractivity contribution < 1.29 is 14.6 Å². The molecule has 268 valence electrons. The number of nitrogens with zero attached hydrogens (tertiary/aromatic N) is 6. The van der Waals surface area contributed by atoms with Gasteiger partial charge in [0.2, 0.25) is 0 Å². The van der Waals surface area contributed by atoms with Crippen LogP contribution in [0.2, 0.25) is 0 Å². The summed E-state index contributed by atoms with van der Waals surface area (Å²) in [4.78, 5) is 33.7. The summed E-state index contributed by atoms with van der Waals surface area (Å²) >= 11 is 0. The first-order valence-corrected chi connectivity index (χ1v) is 18.3. The van der Waals surface area contributed by atoms with Crippen molar-refractivity contribution in [2.24, 2.45) is 4.99 Å². The van der Waals surface area contributed by atoms with Gasteiger partial charge in [0, 0.05) is 111 Å². The van der Waals surface area contributed by atoms with Gasteiger partial charge in [0.1, 0.15) is 11.5 Å². The number of anilines is 2. The van der Waals surface area contributed by atoms with Crippen LogP contribution >= 0.6 is 0 Å². The molecule has 2 aliphatic rings. The zero-order valence-electron chi connectivity index (χ0n) is 30.6. The van der Waals surface area contributed by atoms with Crippen molar-refractivity contribution in [3.8, 4) is 11.5 Å². The second-order valence-electron chi connectivity index (χ2n) is 12.8. The second-order valence-corrected chi connectivity index (χ2v) is 12.8. The Bertz CT molecular complexity index is 1920. The number of carboxylic acid groups (broad SMARTS) is 1. The number of rotatable bonds is 15. The van der Waals surface area contributed by atoms with Crippen molar-refractivity contribution in [1.82, 2.24) is 14.9 Å². The minimum absolute atomic E-state index is 0.205. The molecule has 0 radical (unpaired) electrons. The second kappa shape index (κ2) is 17.1. The molecule has 1 N–H and O–H groups in total. The number of carboxylic acids is 1. The minimum Gasteiger partial charge on any atom is -0.478 e. The van der Waals surface area contributed by atoms with Gasteiger partial charge in [0.05, 0.1) is 23.5 Å². The number of benzene rings is 2. The molecular weight excluding hydrogens is 649 g/mol. The molecule has 0 saturated heterocycles. The SMILES string of the molecule is CCN(CC)c1ccc2c(c1)Oc1cc(N(CC)CC)ccc1C2=C1C=CC(=NCCN(CCc2ccccn2)Cc2ccccn2)C=C1C(=O)O. The molecule has 9 heteroatoms. The molecule has 0 saturated carbocycles. The fourth-order valence-corrected chi connectivity index (χ4v) is 6.88. The number of ether oxygens (including phenoxy) is 1. The van der Waals surface area contributed by atoms with E-state index in [1.165, 1.54) is 0 Å². The van der Waals surface area contributed by atoms with Gasteiger partial charge in [-0.05, 0) is 94.0 Å². The third kappa shape index (κ3) is 8.32. The molecule has 0 spiro atoms. The van der Waals surface area contributed by atoms with E-state index >= 15 is 0 Å². The van der Waals surface area contributed by atoms with E-state index in [2.05, 4.69) is 88.8 Å². The average molecular weight is 697 g/mol. The van der Waals surface area contributed by atoms with Gasteiger partial charge in [-0.25, -0.2) is 4.79 Å². The number of carbonyl (C=O) groups is 1. The van der Waals surface area contributed by atoms with Gasteiger partial charge in [-0.2, -0.15) is 0 Å². The summed E-state index contributed by atoms with van der Waals surface area (Å²) in [6, 6.07) is 24.4. The average Bonchev–Trinajstić information content (AvgIpc) is 3.17. The van der Waals surface area contributed by atoms with Gasteiger partial charge >= 0.3 is 5.97 Å². The van der Waals surface area contributed by atoms with Crippen molar-refractivity contribution in [3.05, 3.63) is 137 Å². The summed E-state index contributed by atoms with van der Waals surface area (Å²) in [5, 5.41) is 10.6. The number of allylic oxidation sites excluding steroid dienone is 3. The Hall–Kier alpha value is -5.54. The van der Waals surface area contributed by atoms with E-state index in [1.807, 2.05) is 60.9 Å². The number of hydrogen-bond acceptors (Lipinski definition) is 8. The van der Waals surface area contributed by atoms with Crippen LogP contribution in [0.15, 0.2) is 120 Å². The molecule has 52 heavy (non-hydrogen) atoms. The molecule has 0 amide bonds. The number of hydrogen-bond donors (Lipinski definition) is 1. The van der Waals surface area contributed by atoms with E-state index in [1.54, 1.807) is 6.08 Å². The molecule has 3 heterocycles. The Kier molecular flexibility index (Phi) is 11.9. The first-order valence-electron chi connectivity index (χ1n) is 18.3. The summed E-state index contributed by atoms with van der Waals surface area (Å²) in [7, 11) is 0. The minimum atomic E-state index is -0.999. The number of pyridine rings is 2. The summed E-state index contributed by atoms with van der Waals surface area (Å²) in [6.07, 6.45) is 9.97. The van der Waals surface area contributed by atoms with Crippen molar-refractivity contribution in [3.63, 3.8) is 0 Å². The smallest absolute Gasteiger partial charge is 0.336 e. The number of aliphatic imine (C=N–C) groups is 1. The Morgan fingerprint density at radius 1 is 0.750 bits per heavy atom. The lowest BCUT2D eigenvalue weighted by Gasteiger charge is -2.30. The molecule has 6 rings (SSSR count). The third-order valence-corrected chi connectivity index (χ3v) is 9.68. The van der Waals surface area contributed by atoms with E-state index in [0.717, 1.165) is 78.6 Å². The van der Waals surface area contributed by atoms with E-state index in [0.29, 0.717) is 42.4 Å². The standard InChI is InChI=1S/C43H48N6O3/c1-5-48(6-2)34-16-19-37-40(28-34)52-41-29-35(49(7-3)8-4)17-20-38(41)42(37)36-18-15-32(27-39(36)43(50)51)46-24-26-47(30-33-14-10-12-23-45-33)25-21-31-13-9-11-22-44-31/h9-20,22-23,27-29H,5-8,21,24-26,30H2,1-4H3,(H,50,51). The molecule has 0 atom stereocenters. The van der Waals surface area contributed by atoms with Crippen LogP contribution in [0.4, 0.5) is 11.4 Å². The van der Waals surface area contributed by atoms with Gasteiger partial charge in [-0.15, -0.1) is 0 Å². The first kappa shape index (κ1) is 36.3. The maximum atomic E-state index is 13.0. The molecular formula is C43H48N6O3. The molecule has 1 aliphatic heterocycles. The van der Waals surface area contributed by atoms with Crippen LogP contribution in [-0.2, 0) is 17.8 Å². The lowest BCUT2D eigenvalue weighted by atomic mass is 9.84. The van der Waals surface area contributed by atoms with Crippen LogP contribution in [-0.4, -0.2) is 77.5 Å². The van der Waals surface area contributed by atoms with E-state index < -0.39 is 5.97 Å². The molecule has 0 bridgehead atoms. The van der Waals surface area contributed by atoms with Crippen LogP contribution in [0.25, 0.3) is 5.57 Å². The van der Waals surface area contributed by atoms with E-state index in [-0.39, 0.29) is 5.57 Å². The monoisotopic (exact) mass is 696 g/mol. The molecule has 9 nitrogen and oxygen atoms in total. The van der Waals surface area contributed by atoms with Crippen LogP contribution in [0.5, 0.6) is 11.5 Å². The highest BCUT2D eigenvalue weighted by atomic mass is 16.5. The third-order valence-electron chi connectivity index (χ3n) is 9.68. The fraction of sp³-hybridized carbons (Fsp3) is 0.302. The van der Waals surface area contributed by atoms with Crippen LogP contribution < -0.4 is 14.5 Å². The topological polar surface area (TPSA) is 94.4 Å². The lowest BCUT2D eigenvalue weighted by molar-refractivity contribution is -0.132. The number of aromatic nitrogens is 2.